The molecule has 2 aromatic rings. The molecule has 114 valence electrons. The van der Waals surface area contributed by atoms with Gasteiger partial charge in [0.1, 0.15) is 0 Å². The van der Waals surface area contributed by atoms with Gasteiger partial charge in [-0.15, -0.1) is 0 Å². The van der Waals surface area contributed by atoms with E-state index < -0.39 is 0 Å². The molecule has 0 aliphatic carbocycles. The SMILES string of the molecule is O=C(NCc1ccc(CN2CCCC2)cc1)c1ccccc1. The maximum Gasteiger partial charge on any atom is 0.251 e. The van der Waals surface area contributed by atoms with E-state index in [2.05, 4.69) is 34.5 Å². The molecule has 1 saturated heterocycles. The molecule has 22 heavy (non-hydrogen) atoms. The summed E-state index contributed by atoms with van der Waals surface area (Å²) in [4.78, 5) is 14.5. The fourth-order valence-corrected chi connectivity index (χ4v) is 2.84. The highest BCUT2D eigenvalue weighted by molar-refractivity contribution is 5.94. The predicted molar refractivity (Wildman–Crippen MR) is 88.6 cm³/mol. The van der Waals surface area contributed by atoms with Crippen LogP contribution in [0.1, 0.15) is 34.3 Å². The fraction of sp³-hybridized carbons (Fsp3) is 0.316. The van der Waals surface area contributed by atoms with Crippen LogP contribution in [0.2, 0.25) is 0 Å². The van der Waals surface area contributed by atoms with Gasteiger partial charge in [-0.2, -0.15) is 0 Å². The Kier molecular flexibility index (Phi) is 4.86. The second kappa shape index (κ2) is 7.23. The molecule has 3 rings (SSSR count). The highest BCUT2D eigenvalue weighted by Crippen LogP contribution is 2.13. The molecular formula is C19H22N2O. The lowest BCUT2D eigenvalue weighted by molar-refractivity contribution is 0.0951. The molecule has 3 heteroatoms. The van der Waals surface area contributed by atoms with Gasteiger partial charge in [0.2, 0.25) is 0 Å². The standard InChI is InChI=1S/C19H22N2O/c22-19(18-6-2-1-3-7-18)20-14-16-8-10-17(11-9-16)15-21-12-4-5-13-21/h1-3,6-11H,4-5,12-15H2,(H,20,22). The third kappa shape index (κ3) is 3.95. The average Bonchev–Trinajstić information content (AvgIpc) is 3.08. The summed E-state index contributed by atoms with van der Waals surface area (Å²) >= 11 is 0. The fourth-order valence-electron chi connectivity index (χ4n) is 2.84. The zero-order chi connectivity index (χ0) is 15.2. The topological polar surface area (TPSA) is 32.3 Å². The van der Waals surface area contributed by atoms with Gasteiger partial charge in [-0.25, -0.2) is 0 Å². The van der Waals surface area contributed by atoms with E-state index in [1.165, 1.54) is 31.5 Å². The first kappa shape index (κ1) is 14.8. The summed E-state index contributed by atoms with van der Waals surface area (Å²) in [6.07, 6.45) is 2.65. The third-order valence-corrected chi connectivity index (χ3v) is 4.12. The summed E-state index contributed by atoms with van der Waals surface area (Å²) in [6.45, 7) is 4.04. The molecule has 1 aliphatic heterocycles. The van der Waals surface area contributed by atoms with E-state index in [4.69, 9.17) is 0 Å². The van der Waals surface area contributed by atoms with E-state index in [0.717, 1.165) is 12.1 Å². The number of hydrogen-bond acceptors (Lipinski definition) is 2. The Morgan fingerprint density at radius 1 is 0.909 bits per heavy atom. The lowest BCUT2D eigenvalue weighted by atomic mass is 10.1. The molecule has 1 N–H and O–H groups in total. The molecule has 1 fully saturated rings. The van der Waals surface area contributed by atoms with Gasteiger partial charge in [0.25, 0.3) is 5.91 Å². The van der Waals surface area contributed by atoms with Gasteiger partial charge in [-0.1, -0.05) is 42.5 Å². The van der Waals surface area contributed by atoms with Gasteiger partial charge in [0.15, 0.2) is 0 Å². The molecule has 1 aliphatic rings. The number of likely N-dealkylation sites (tertiary alicyclic amines) is 1. The van der Waals surface area contributed by atoms with Crippen molar-refractivity contribution < 1.29 is 4.79 Å². The smallest absolute Gasteiger partial charge is 0.251 e. The van der Waals surface area contributed by atoms with Crippen LogP contribution in [0.5, 0.6) is 0 Å². The number of nitrogens with one attached hydrogen (secondary N) is 1. The van der Waals surface area contributed by atoms with Gasteiger partial charge in [-0.05, 0) is 49.2 Å². The zero-order valence-electron chi connectivity index (χ0n) is 12.8. The molecule has 2 aromatic carbocycles. The lowest BCUT2D eigenvalue weighted by Crippen LogP contribution is -2.22. The van der Waals surface area contributed by atoms with Crippen molar-refractivity contribution in [3.63, 3.8) is 0 Å². The quantitative estimate of drug-likeness (QED) is 0.918. The first-order chi connectivity index (χ1) is 10.8. The van der Waals surface area contributed by atoms with Crippen molar-refractivity contribution >= 4 is 5.91 Å². The van der Waals surface area contributed by atoms with E-state index in [1.54, 1.807) is 0 Å². The molecule has 0 aromatic heterocycles. The monoisotopic (exact) mass is 294 g/mol. The van der Waals surface area contributed by atoms with Crippen molar-refractivity contribution in [2.45, 2.75) is 25.9 Å². The summed E-state index contributed by atoms with van der Waals surface area (Å²) in [5.74, 6) is -0.0262. The third-order valence-electron chi connectivity index (χ3n) is 4.12. The number of rotatable bonds is 5. The number of benzene rings is 2. The summed E-state index contributed by atoms with van der Waals surface area (Å²) in [5.41, 5.74) is 3.18. The van der Waals surface area contributed by atoms with Gasteiger partial charge >= 0.3 is 0 Å². The first-order valence-electron chi connectivity index (χ1n) is 7.95. The molecule has 0 bridgehead atoms. The largest absolute Gasteiger partial charge is 0.348 e. The molecule has 0 unspecified atom stereocenters. The van der Waals surface area contributed by atoms with Crippen LogP contribution >= 0.6 is 0 Å². The van der Waals surface area contributed by atoms with E-state index in [1.807, 2.05) is 30.3 Å². The minimum Gasteiger partial charge on any atom is -0.348 e. The van der Waals surface area contributed by atoms with Gasteiger partial charge in [0, 0.05) is 18.7 Å². The number of amides is 1. The Morgan fingerprint density at radius 2 is 1.55 bits per heavy atom. The minimum absolute atomic E-state index is 0.0262. The molecular weight excluding hydrogens is 272 g/mol. The van der Waals surface area contributed by atoms with Crippen molar-refractivity contribution in [2.75, 3.05) is 13.1 Å². The van der Waals surface area contributed by atoms with Crippen molar-refractivity contribution in [2.24, 2.45) is 0 Å². The van der Waals surface area contributed by atoms with Crippen LogP contribution in [0.15, 0.2) is 54.6 Å². The van der Waals surface area contributed by atoms with Crippen molar-refractivity contribution in [3.05, 3.63) is 71.3 Å². The van der Waals surface area contributed by atoms with E-state index in [-0.39, 0.29) is 5.91 Å². The van der Waals surface area contributed by atoms with E-state index in [0.29, 0.717) is 12.1 Å². The highest BCUT2D eigenvalue weighted by atomic mass is 16.1. The second-order valence-corrected chi connectivity index (χ2v) is 5.85. The molecule has 0 radical (unpaired) electrons. The van der Waals surface area contributed by atoms with Crippen LogP contribution in [0.3, 0.4) is 0 Å². The van der Waals surface area contributed by atoms with Gasteiger partial charge < -0.3 is 5.32 Å². The Labute approximate surface area is 132 Å². The highest BCUT2D eigenvalue weighted by Gasteiger charge is 2.11. The lowest BCUT2D eigenvalue weighted by Gasteiger charge is -2.14. The molecule has 3 nitrogen and oxygen atoms in total. The maximum atomic E-state index is 12.0. The molecule has 0 atom stereocenters. The number of carbonyl (C=O) groups is 1. The number of carbonyl (C=O) groups excluding carboxylic acids is 1. The van der Waals surface area contributed by atoms with Gasteiger partial charge in [-0.3, -0.25) is 9.69 Å². The summed E-state index contributed by atoms with van der Waals surface area (Å²) in [5, 5.41) is 2.96. The van der Waals surface area contributed by atoms with E-state index in [9.17, 15) is 4.79 Å². The Morgan fingerprint density at radius 3 is 2.23 bits per heavy atom. The molecule has 0 spiro atoms. The number of nitrogens with zero attached hydrogens (tertiary/aromatic N) is 1. The summed E-state index contributed by atoms with van der Waals surface area (Å²) in [6, 6.07) is 17.9. The van der Waals surface area contributed by atoms with Crippen molar-refractivity contribution in [1.29, 1.82) is 0 Å². The molecule has 0 saturated carbocycles. The zero-order valence-corrected chi connectivity index (χ0v) is 12.8. The maximum absolute atomic E-state index is 12.0. The summed E-state index contributed by atoms with van der Waals surface area (Å²) < 4.78 is 0. The average molecular weight is 294 g/mol. The molecule has 1 amide bonds. The normalized spacial score (nSPS) is 14.9. The van der Waals surface area contributed by atoms with Crippen molar-refractivity contribution in [3.8, 4) is 0 Å². The van der Waals surface area contributed by atoms with Crippen LogP contribution in [-0.4, -0.2) is 23.9 Å². The first-order valence-corrected chi connectivity index (χ1v) is 7.95. The van der Waals surface area contributed by atoms with Crippen LogP contribution in [0.25, 0.3) is 0 Å². The second-order valence-electron chi connectivity index (χ2n) is 5.85. The van der Waals surface area contributed by atoms with Crippen LogP contribution in [-0.2, 0) is 13.1 Å². The van der Waals surface area contributed by atoms with Crippen molar-refractivity contribution in [1.82, 2.24) is 10.2 Å². The minimum atomic E-state index is -0.0262. The van der Waals surface area contributed by atoms with Crippen LogP contribution in [0.4, 0.5) is 0 Å². The van der Waals surface area contributed by atoms with E-state index >= 15 is 0 Å². The van der Waals surface area contributed by atoms with Gasteiger partial charge in [0.05, 0.1) is 0 Å². The Bertz CT molecular complexity index is 601. The molecule has 1 heterocycles. The van der Waals surface area contributed by atoms with Crippen LogP contribution < -0.4 is 5.32 Å². The Hall–Kier alpha value is -2.13. The predicted octanol–water partition coefficient (Wildman–Crippen LogP) is 3.21. The van der Waals surface area contributed by atoms with Crippen LogP contribution in [0, 0.1) is 0 Å². The number of hydrogen-bond donors (Lipinski definition) is 1. The Balaban J connectivity index is 1.51. The summed E-state index contributed by atoms with van der Waals surface area (Å²) in [7, 11) is 0.